The maximum Gasteiger partial charge on any atom is 0.253 e. The van der Waals surface area contributed by atoms with E-state index in [0.29, 0.717) is 18.5 Å². The van der Waals surface area contributed by atoms with E-state index in [1.165, 1.54) is 0 Å². The molecule has 0 bridgehead atoms. The van der Waals surface area contributed by atoms with Crippen LogP contribution in [-0.2, 0) is 4.79 Å². The Morgan fingerprint density at radius 3 is 2.45 bits per heavy atom. The lowest BCUT2D eigenvalue weighted by Gasteiger charge is -2.29. The highest BCUT2D eigenvalue weighted by Gasteiger charge is 2.24. The van der Waals surface area contributed by atoms with E-state index in [9.17, 15) is 9.59 Å². The fourth-order valence-electron chi connectivity index (χ4n) is 2.78. The second kappa shape index (κ2) is 7.89. The van der Waals surface area contributed by atoms with Crippen LogP contribution in [0.25, 0.3) is 0 Å². The molecule has 0 spiro atoms. The molecule has 6 heteroatoms. The van der Waals surface area contributed by atoms with Crippen LogP contribution < -0.4 is 16.4 Å². The first-order valence-corrected chi connectivity index (χ1v) is 7.81. The Kier molecular flexibility index (Phi) is 5.89. The Balaban J connectivity index is 1.79. The maximum absolute atomic E-state index is 12.2. The largest absolute Gasteiger partial charge is 0.353 e. The lowest BCUT2D eigenvalue weighted by Crippen LogP contribution is -2.44. The average molecular weight is 304 g/mol. The summed E-state index contributed by atoms with van der Waals surface area (Å²) in [6.45, 7) is 2.28. The molecule has 1 aromatic rings. The number of nitrogens with one attached hydrogen (secondary N) is 2. The third-order valence-corrected chi connectivity index (χ3v) is 4.08. The Bertz CT molecular complexity index is 525. The first-order chi connectivity index (χ1) is 10.6. The van der Waals surface area contributed by atoms with Gasteiger partial charge in [-0.25, -0.2) is 0 Å². The van der Waals surface area contributed by atoms with Crippen molar-refractivity contribution in [1.29, 1.82) is 0 Å². The van der Waals surface area contributed by atoms with Gasteiger partial charge in [0.25, 0.3) is 5.91 Å². The number of amides is 2. The molecule has 0 saturated heterocycles. The number of nitrogens with zero attached hydrogens (tertiary/aromatic N) is 1. The lowest BCUT2D eigenvalue weighted by atomic mass is 9.91. The lowest BCUT2D eigenvalue weighted by molar-refractivity contribution is -0.121. The van der Waals surface area contributed by atoms with Crippen molar-refractivity contribution in [2.75, 3.05) is 6.54 Å². The molecule has 0 unspecified atom stereocenters. The molecular weight excluding hydrogens is 280 g/mol. The number of carbonyl (C=O) groups is 2. The Morgan fingerprint density at radius 1 is 1.23 bits per heavy atom. The number of aryl methyl sites for hydroxylation is 1. The van der Waals surface area contributed by atoms with Crippen molar-refractivity contribution in [3.05, 3.63) is 29.6 Å². The normalized spacial score (nSPS) is 21.2. The van der Waals surface area contributed by atoms with Crippen LogP contribution in [0, 0.1) is 6.92 Å². The molecule has 6 nitrogen and oxygen atoms in total. The summed E-state index contributed by atoms with van der Waals surface area (Å²) in [7, 11) is 0. The standard InChI is InChI=1S/C16H24N4O2/c1-11-7-9-18-10-14(11)16(22)20-13-4-2-12(3-5-13)19-15(21)6-8-17/h7,9-10,12-13H,2-6,8,17H2,1H3,(H,19,21)(H,20,22)/t12-,13-. The zero-order chi connectivity index (χ0) is 15.9. The van der Waals surface area contributed by atoms with Gasteiger partial charge in [-0.05, 0) is 44.2 Å². The van der Waals surface area contributed by atoms with Crippen LogP contribution in [0.3, 0.4) is 0 Å². The molecule has 1 fully saturated rings. The first-order valence-electron chi connectivity index (χ1n) is 7.81. The van der Waals surface area contributed by atoms with Gasteiger partial charge in [0.1, 0.15) is 0 Å². The molecule has 0 aromatic carbocycles. The smallest absolute Gasteiger partial charge is 0.253 e. The van der Waals surface area contributed by atoms with Gasteiger partial charge in [0.05, 0.1) is 5.56 Å². The number of aromatic nitrogens is 1. The zero-order valence-corrected chi connectivity index (χ0v) is 13.0. The summed E-state index contributed by atoms with van der Waals surface area (Å²) >= 11 is 0. The SMILES string of the molecule is Cc1ccncc1C(=O)N[C@H]1CC[C@H](NC(=O)CCN)CC1. The van der Waals surface area contributed by atoms with Crippen LogP contribution >= 0.6 is 0 Å². The molecule has 1 aliphatic carbocycles. The molecule has 0 aliphatic heterocycles. The summed E-state index contributed by atoms with van der Waals surface area (Å²) in [6, 6.07) is 2.20. The highest BCUT2D eigenvalue weighted by Crippen LogP contribution is 2.19. The first kappa shape index (κ1) is 16.4. The van der Waals surface area contributed by atoms with Crippen LogP contribution in [0.5, 0.6) is 0 Å². The van der Waals surface area contributed by atoms with E-state index in [1.54, 1.807) is 12.4 Å². The van der Waals surface area contributed by atoms with Gasteiger partial charge in [0.2, 0.25) is 5.91 Å². The van der Waals surface area contributed by atoms with Crippen molar-refractivity contribution < 1.29 is 9.59 Å². The van der Waals surface area contributed by atoms with Crippen LogP contribution in [-0.4, -0.2) is 35.4 Å². The highest BCUT2D eigenvalue weighted by molar-refractivity contribution is 5.95. The van der Waals surface area contributed by atoms with Crippen molar-refractivity contribution in [3.8, 4) is 0 Å². The number of carbonyl (C=O) groups excluding carboxylic acids is 2. The van der Waals surface area contributed by atoms with E-state index in [4.69, 9.17) is 5.73 Å². The number of rotatable bonds is 5. The Morgan fingerprint density at radius 2 is 1.86 bits per heavy atom. The number of pyridine rings is 1. The molecule has 1 aliphatic rings. The van der Waals surface area contributed by atoms with E-state index in [-0.39, 0.29) is 23.9 Å². The zero-order valence-electron chi connectivity index (χ0n) is 13.0. The summed E-state index contributed by atoms with van der Waals surface area (Å²) in [6.07, 6.45) is 7.17. The fraction of sp³-hybridized carbons (Fsp3) is 0.562. The van der Waals surface area contributed by atoms with Gasteiger partial charge in [0.15, 0.2) is 0 Å². The van der Waals surface area contributed by atoms with E-state index >= 15 is 0 Å². The van der Waals surface area contributed by atoms with E-state index < -0.39 is 0 Å². The number of hydrogen-bond donors (Lipinski definition) is 3. The minimum atomic E-state index is -0.0683. The predicted octanol–water partition coefficient (Wildman–Crippen LogP) is 0.896. The van der Waals surface area contributed by atoms with Crippen molar-refractivity contribution in [3.63, 3.8) is 0 Å². The van der Waals surface area contributed by atoms with Crippen LogP contribution in [0.1, 0.15) is 48.0 Å². The van der Waals surface area contributed by atoms with Crippen LogP contribution in [0.15, 0.2) is 18.5 Å². The quantitative estimate of drug-likeness (QED) is 0.753. The molecule has 1 heterocycles. The van der Waals surface area contributed by atoms with Gasteiger partial charge < -0.3 is 16.4 Å². The summed E-state index contributed by atoms with van der Waals surface area (Å²) in [5.74, 6) is -0.0535. The second-order valence-electron chi connectivity index (χ2n) is 5.82. The summed E-state index contributed by atoms with van der Waals surface area (Å²) < 4.78 is 0. The Hall–Kier alpha value is -1.95. The van der Waals surface area contributed by atoms with Crippen LogP contribution in [0.4, 0.5) is 0 Å². The van der Waals surface area contributed by atoms with E-state index in [0.717, 1.165) is 31.2 Å². The highest BCUT2D eigenvalue weighted by atomic mass is 16.2. The van der Waals surface area contributed by atoms with Crippen LogP contribution in [0.2, 0.25) is 0 Å². The molecule has 0 radical (unpaired) electrons. The topological polar surface area (TPSA) is 97.1 Å². The molecule has 22 heavy (non-hydrogen) atoms. The van der Waals surface area contributed by atoms with Gasteiger partial charge in [0, 0.05) is 37.4 Å². The summed E-state index contributed by atoms with van der Waals surface area (Å²) in [4.78, 5) is 27.8. The van der Waals surface area contributed by atoms with Gasteiger partial charge in [-0.3, -0.25) is 14.6 Å². The van der Waals surface area contributed by atoms with E-state index in [1.807, 2.05) is 13.0 Å². The monoisotopic (exact) mass is 304 g/mol. The minimum Gasteiger partial charge on any atom is -0.353 e. The van der Waals surface area contributed by atoms with Gasteiger partial charge in [-0.15, -0.1) is 0 Å². The van der Waals surface area contributed by atoms with Crippen molar-refractivity contribution >= 4 is 11.8 Å². The van der Waals surface area contributed by atoms with Crippen molar-refractivity contribution in [1.82, 2.24) is 15.6 Å². The molecular formula is C16H24N4O2. The number of hydrogen-bond acceptors (Lipinski definition) is 4. The molecule has 120 valence electrons. The minimum absolute atomic E-state index is 0.0148. The summed E-state index contributed by atoms with van der Waals surface area (Å²) in [5.41, 5.74) is 6.92. The fourth-order valence-corrected chi connectivity index (χ4v) is 2.78. The molecule has 0 atom stereocenters. The molecule has 1 saturated carbocycles. The van der Waals surface area contributed by atoms with Crippen molar-refractivity contribution in [2.45, 2.75) is 51.1 Å². The van der Waals surface area contributed by atoms with Gasteiger partial charge in [-0.1, -0.05) is 0 Å². The van der Waals surface area contributed by atoms with Gasteiger partial charge >= 0.3 is 0 Å². The van der Waals surface area contributed by atoms with Gasteiger partial charge in [-0.2, -0.15) is 0 Å². The van der Waals surface area contributed by atoms with Crippen molar-refractivity contribution in [2.24, 2.45) is 5.73 Å². The third-order valence-electron chi connectivity index (χ3n) is 4.08. The number of nitrogens with two attached hydrogens (primary N) is 1. The molecule has 4 N–H and O–H groups in total. The predicted molar refractivity (Wildman–Crippen MR) is 84.3 cm³/mol. The molecule has 2 amide bonds. The third kappa shape index (κ3) is 4.53. The molecule has 2 rings (SSSR count). The summed E-state index contributed by atoms with van der Waals surface area (Å²) in [5, 5.41) is 6.06. The van der Waals surface area contributed by atoms with E-state index in [2.05, 4.69) is 15.6 Å². The second-order valence-corrected chi connectivity index (χ2v) is 5.82. The Labute approximate surface area is 130 Å². The molecule has 1 aromatic heterocycles. The average Bonchev–Trinajstić information content (AvgIpc) is 2.50. The maximum atomic E-state index is 12.2.